The Hall–Kier alpha value is -3.07. The van der Waals surface area contributed by atoms with E-state index in [1.807, 2.05) is 23.2 Å². The Morgan fingerprint density at radius 2 is 2.04 bits per heavy atom. The van der Waals surface area contributed by atoms with E-state index in [0.717, 1.165) is 18.7 Å². The van der Waals surface area contributed by atoms with Gasteiger partial charge in [0.15, 0.2) is 0 Å². The van der Waals surface area contributed by atoms with Gasteiger partial charge >= 0.3 is 11.7 Å². The fourth-order valence-electron chi connectivity index (χ4n) is 3.21. The van der Waals surface area contributed by atoms with Crippen LogP contribution in [0.4, 0.5) is 11.5 Å². The lowest BCUT2D eigenvalue weighted by Gasteiger charge is -2.38. The van der Waals surface area contributed by atoms with Gasteiger partial charge in [0.2, 0.25) is 5.82 Å². The Kier molecular flexibility index (Phi) is 5.60. The number of piperazine rings is 1. The SMILES string of the molecule is COC(=O)c1cnc(N2CCN(C(C)c3cccnc3)CC2)c([N+](=O)[O-])c1. The molecule has 1 atom stereocenters. The van der Waals surface area contributed by atoms with E-state index in [2.05, 4.69) is 26.5 Å². The van der Waals surface area contributed by atoms with E-state index in [1.165, 1.54) is 19.4 Å². The van der Waals surface area contributed by atoms with Crippen molar-refractivity contribution in [3.63, 3.8) is 0 Å². The molecule has 0 saturated carbocycles. The van der Waals surface area contributed by atoms with Crippen LogP contribution in [-0.4, -0.2) is 59.0 Å². The first-order valence-electron chi connectivity index (χ1n) is 8.63. The van der Waals surface area contributed by atoms with Gasteiger partial charge in [0.05, 0.1) is 17.6 Å². The Labute approximate surface area is 156 Å². The quantitative estimate of drug-likeness (QED) is 0.447. The average Bonchev–Trinajstić information content (AvgIpc) is 2.73. The minimum Gasteiger partial charge on any atom is -0.465 e. The zero-order valence-electron chi connectivity index (χ0n) is 15.2. The smallest absolute Gasteiger partial charge is 0.339 e. The monoisotopic (exact) mass is 371 g/mol. The van der Waals surface area contributed by atoms with E-state index in [9.17, 15) is 14.9 Å². The van der Waals surface area contributed by atoms with Crippen molar-refractivity contribution in [1.29, 1.82) is 0 Å². The molecular weight excluding hydrogens is 350 g/mol. The molecule has 0 bridgehead atoms. The molecule has 27 heavy (non-hydrogen) atoms. The molecule has 0 spiro atoms. The zero-order chi connectivity index (χ0) is 19.4. The fourth-order valence-corrected chi connectivity index (χ4v) is 3.21. The third-order valence-corrected chi connectivity index (χ3v) is 4.79. The molecule has 0 amide bonds. The highest BCUT2D eigenvalue weighted by molar-refractivity contribution is 5.90. The van der Waals surface area contributed by atoms with Gasteiger partial charge in [-0.25, -0.2) is 9.78 Å². The molecule has 0 radical (unpaired) electrons. The number of ether oxygens (including phenoxy) is 1. The lowest BCUT2D eigenvalue weighted by Crippen LogP contribution is -2.47. The maximum atomic E-state index is 11.6. The summed E-state index contributed by atoms with van der Waals surface area (Å²) in [6.07, 6.45) is 4.92. The van der Waals surface area contributed by atoms with Crippen LogP contribution in [-0.2, 0) is 4.74 Å². The van der Waals surface area contributed by atoms with Gasteiger partial charge in [0, 0.05) is 56.9 Å². The number of carbonyl (C=O) groups excluding carboxylic acids is 1. The maximum absolute atomic E-state index is 11.6. The molecule has 0 aliphatic carbocycles. The van der Waals surface area contributed by atoms with Crippen LogP contribution in [0.5, 0.6) is 0 Å². The van der Waals surface area contributed by atoms with Gasteiger partial charge in [0.25, 0.3) is 0 Å². The second-order valence-corrected chi connectivity index (χ2v) is 6.30. The van der Waals surface area contributed by atoms with Gasteiger partial charge in [-0.05, 0) is 18.6 Å². The summed E-state index contributed by atoms with van der Waals surface area (Å²) in [5.74, 6) is -0.367. The van der Waals surface area contributed by atoms with Crippen molar-refractivity contribution < 1.29 is 14.5 Å². The van der Waals surface area contributed by atoms with Gasteiger partial charge in [-0.2, -0.15) is 0 Å². The summed E-state index contributed by atoms with van der Waals surface area (Å²) < 4.78 is 4.61. The lowest BCUT2D eigenvalue weighted by molar-refractivity contribution is -0.384. The molecule has 9 heteroatoms. The van der Waals surface area contributed by atoms with E-state index in [4.69, 9.17) is 0 Å². The van der Waals surface area contributed by atoms with Gasteiger partial charge < -0.3 is 9.64 Å². The number of rotatable bonds is 5. The number of hydrogen-bond acceptors (Lipinski definition) is 8. The number of anilines is 1. The van der Waals surface area contributed by atoms with Crippen LogP contribution in [0.25, 0.3) is 0 Å². The molecular formula is C18H21N5O4. The Morgan fingerprint density at radius 1 is 1.30 bits per heavy atom. The Balaban J connectivity index is 1.74. The first-order valence-corrected chi connectivity index (χ1v) is 8.63. The topological polar surface area (TPSA) is 102 Å². The molecule has 1 fully saturated rings. The Bertz CT molecular complexity index is 822. The number of hydrogen-bond donors (Lipinski definition) is 0. The highest BCUT2D eigenvalue weighted by Crippen LogP contribution is 2.29. The zero-order valence-corrected chi connectivity index (χ0v) is 15.2. The van der Waals surface area contributed by atoms with E-state index < -0.39 is 10.9 Å². The summed E-state index contributed by atoms with van der Waals surface area (Å²) in [5, 5.41) is 11.5. The van der Waals surface area contributed by atoms with Crippen LogP contribution in [0.15, 0.2) is 36.8 Å². The highest BCUT2D eigenvalue weighted by Gasteiger charge is 2.28. The third-order valence-electron chi connectivity index (χ3n) is 4.79. The Morgan fingerprint density at radius 3 is 2.63 bits per heavy atom. The van der Waals surface area contributed by atoms with Crippen LogP contribution in [0.2, 0.25) is 0 Å². The van der Waals surface area contributed by atoms with E-state index >= 15 is 0 Å². The van der Waals surface area contributed by atoms with Crippen LogP contribution < -0.4 is 4.90 Å². The molecule has 2 aromatic rings. The first-order chi connectivity index (χ1) is 13.0. The minimum absolute atomic E-state index is 0.0665. The summed E-state index contributed by atoms with van der Waals surface area (Å²) in [5.41, 5.74) is 1.01. The molecule has 142 valence electrons. The van der Waals surface area contributed by atoms with E-state index in [1.54, 1.807) is 6.20 Å². The van der Waals surface area contributed by atoms with Crippen molar-refractivity contribution >= 4 is 17.5 Å². The average molecular weight is 371 g/mol. The summed E-state index contributed by atoms with van der Waals surface area (Å²) in [6.45, 7) is 4.83. The van der Waals surface area contributed by atoms with Crippen LogP contribution in [0.3, 0.4) is 0 Å². The number of nitro groups is 1. The number of aromatic nitrogens is 2. The van der Waals surface area contributed by atoms with Gasteiger partial charge in [-0.3, -0.25) is 20.0 Å². The molecule has 1 unspecified atom stereocenters. The number of methoxy groups -OCH3 is 1. The van der Waals surface area contributed by atoms with Crippen molar-refractivity contribution in [1.82, 2.24) is 14.9 Å². The molecule has 2 aromatic heterocycles. The molecule has 3 heterocycles. The van der Waals surface area contributed by atoms with E-state index in [0.29, 0.717) is 13.1 Å². The molecule has 0 N–H and O–H groups in total. The van der Waals surface area contributed by atoms with E-state index in [-0.39, 0.29) is 23.1 Å². The standard InChI is InChI=1S/C18H21N5O4/c1-13(14-4-3-5-19-11-14)21-6-8-22(9-7-21)17-16(23(25)26)10-15(12-20-17)18(24)27-2/h3-5,10-13H,6-9H2,1-2H3. The van der Waals surface area contributed by atoms with Crippen molar-refractivity contribution in [2.75, 3.05) is 38.2 Å². The van der Waals surface area contributed by atoms with Crippen LogP contribution in [0, 0.1) is 10.1 Å². The lowest BCUT2D eigenvalue weighted by atomic mass is 10.1. The highest BCUT2D eigenvalue weighted by atomic mass is 16.6. The van der Waals surface area contributed by atoms with Crippen molar-refractivity contribution in [2.45, 2.75) is 13.0 Å². The molecule has 1 saturated heterocycles. The molecule has 9 nitrogen and oxygen atoms in total. The minimum atomic E-state index is -0.646. The first kappa shape index (κ1) is 18.7. The van der Waals surface area contributed by atoms with Crippen molar-refractivity contribution in [2.24, 2.45) is 0 Å². The number of pyridine rings is 2. The fraction of sp³-hybridized carbons (Fsp3) is 0.389. The van der Waals surface area contributed by atoms with Crippen molar-refractivity contribution in [3.05, 3.63) is 58.0 Å². The normalized spacial score (nSPS) is 16.0. The summed E-state index contributed by atoms with van der Waals surface area (Å²) >= 11 is 0. The number of nitrogens with zero attached hydrogens (tertiary/aromatic N) is 5. The summed E-state index contributed by atoms with van der Waals surface area (Å²) in [7, 11) is 1.23. The molecule has 1 aliphatic rings. The predicted octanol–water partition coefficient (Wildman–Crippen LogP) is 2.05. The van der Waals surface area contributed by atoms with Crippen molar-refractivity contribution in [3.8, 4) is 0 Å². The number of esters is 1. The van der Waals surface area contributed by atoms with Crippen LogP contribution in [0.1, 0.15) is 28.9 Å². The second-order valence-electron chi connectivity index (χ2n) is 6.30. The number of carbonyl (C=O) groups is 1. The largest absolute Gasteiger partial charge is 0.465 e. The van der Waals surface area contributed by atoms with Gasteiger partial charge in [-0.1, -0.05) is 6.07 Å². The summed E-state index contributed by atoms with van der Waals surface area (Å²) in [6, 6.07) is 5.39. The second kappa shape index (κ2) is 8.09. The molecule has 0 aromatic carbocycles. The van der Waals surface area contributed by atoms with Gasteiger partial charge in [0.1, 0.15) is 0 Å². The molecule has 3 rings (SSSR count). The summed E-state index contributed by atoms with van der Waals surface area (Å²) in [4.78, 5) is 35.1. The van der Waals surface area contributed by atoms with Gasteiger partial charge in [-0.15, -0.1) is 0 Å². The molecule has 1 aliphatic heterocycles. The predicted molar refractivity (Wildman–Crippen MR) is 98.7 cm³/mol. The third kappa shape index (κ3) is 4.03. The van der Waals surface area contributed by atoms with Crippen LogP contribution >= 0.6 is 0 Å². The maximum Gasteiger partial charge on any atom is 0.339 e.